The summed E-state index contributed by atoms with van der Waals surface area (Å²) < 4.78 is 14.2. The highest BCUT2D eigenvalue weighted by molar-refractivity contribution is 6.08. The molecule has 3 N–H and O–H groups in total. The van der Waals surface area contributed by atoms with E-state index in [4.69, 9.17) is 0 Å². The van der Waals surface area contributed by atoms with Crippen LogP contribution in [-0.4, -0.2) is 32.2 Å². The lowest BCUT2D eigenvalue weighted by atomic mass is 9.98. The fourth-order valence-corrected chi connectivity index (χ4v) is 3.40. The number of carbonyl (C=O) groups excluding carboxylic acids is 1. The molecule has 8 nitrogen and oxygen atoms in total. The molecule has 1 aromatic heterocycles. The van der Waals surface area contributed by atoms with Crippen molar-refractivity contribution in [1.82, 2.24) is 9.55 Å². The van der Waals surface area contributed by atoms with E-state index in [0.717, 1.165) is 10.6 Å². The monoisotopic (exact) mass is 453 g/mol. The van der Waals surface area contributed by atoms with Crippen LogP contribution >= 0.6 is 0 Å². The molecule has 3 aromatic rings. The summed E-state index contributed by atoms with van der Waals surface area (Å²) in [6, 6.07) is 9.03. The summed E-state index contributed by atoms with van der Waals surface area (Å²) >= 11 is 0. The van der Waals surface area contributed by atoms with E-state index in [1.165, 1.54) is 17.0 Å². The van der Waals surface area contributed by atoms with Crippen LogP contribution < -0.4 is 16.1 Å². The fraction of sp³-hybridized carbons (Fsp3) is 0.208. The van der Waals surface area contributed by atoms with Crippen molar-refractivity contribution in [2.24, 2.45) is 0 Å². The summed E-state index contributed by atoms with van der Waals surface area (Å²) in [7, 11) is 0. The van der Waals surface area contributed by atoms with Gasteiger partial charge in [-0.3, -0.25) is 14.2 Å². The molecule has 0 radical (unpaired) electrons. The number of phenols is 2. The summed E-state index contributed by atoms with van der Waals surface area (Å²) in [6.45, 7) is 7.37. The standard InChI is InChI=1S/C24H24FN3O5/c1-4-9-27(22(31)18-10-17(14(2)3)20(29)11-21(18)30)16-7-5-15(6-8-16)13-28-23(32)19(25)12-26-24(28)33/h4-8,10-12,14,29-30H,1,9,13H2,2-3H3,(H,26,33). The first-order valence-electron chi connectivity index (χ1n) is 10.2. The molecular formula is C24H24FN3O5. The Labute approximate surface area is 188 Å². The van der Waals surface area contributed by atoms with Gasteiger partial charge < -0.3 is 20.1 Å². The van der Waals surface area contributed by atoms with Crippen molar-refractivity contribution in [1.29, 1.82) is 0 Å². The molecule has 0 unspecified atom stereocenters. The Morgan fingerprint density at radius 2 is 1.85 bits per heavy atom. The van der Waals surface area contributed by atoms with Crippen LogP contribution in [0.15, 0.2) is 64.8 Å². The largest absolute Gasteiger partial charge is 0.508 e. The summed E-state index contributed by atoms with van der Waals surface area (Å²) in [4.78, 5) is 40.6. The Hall–Kier alpha value is -4.14. The van der Waals surface area contributed by atoms with Crippen LogP contribution in [0.5, 0.6) is 11.5 Å². The van der Waals surface area contributed by atoms with Gasteiger partial charge in [0.15, 0.2) is 0 Å². The summed E-state index contributed by atoms with van der Waals surface area (Å²) in [5.41, 5.74) is -0.205. The third-order valence-corrected chi connectivity index (χ3v) is 5.16. The third-order valence-electron chi connectivity index (χ3n) is 5.16. The Morgan fingerprint density at radius 3 is 2.45 bits per heavy atom. The Bertz CT molecular complexity index is 1310. The van der Waals surface area contributed by atoms with E-state index in [2.05, 4.69) is 11.6 Å². The lowest BCUT2D eigenvalue weighted by Crippen LogP contribution is -2.36. The third kappa shape index (κ3) is 4.87. The summed E-state index contributed by atoms with van der Waals surface area (Å²) in [5.74, 6) is -2.08. The number of aromatic hydroxyl groups is 2. The first kappa shape index (κ1) is 23.5. The van der Waals surface area contributed by atoms with Crippen LogP contribution in [0.4, 0.5) is 10.1 Å². The molecule has 33 heavy (non-hydrogen) atoms. The van der Waals surface area contributed by atoms with Gasteiger partial charge in [-0.05, 0) is 35.2 Å². The van der Waals surface area contributed by atoms with Gasteiger partial charge >= 0.3 is 5.69 Å². The van der Waals surface area contributed by atoms with Crippen LogP contribution in [0.3, 0.4) is 0 Å². The number of halogens is 1. The van der Waals surface area contributed by atoms with Gasteiger partial charge in [0.05, 0.1) is 12.1 Å². The zero-order chi connectivity index (χ0) is 24.3. The summed E-state index contributed by atoms with van der Waals surface area (Å²) in [5, 5.41) is 20.3. The van der Waals surface area contributed by atoms with Crippen molar-refractivity contribution in [2.45, 2.75) is 26.3 Å². The maximum atomic E-state index is 13.5. The topological polar surface area (TPSA) is 116 Å². The Morgan fingerprint density at radius 1 is 1.18 bits per heavy atom. The van der Waals surface area contributed by atoms with Crippen LogP contribution in [0, 0.1) is 5.82 Å². The van der Waals surface area contributed by atoms with Crippen LogP contribution in [0.2, 0.25) is 0 Å². The highest BCUT2D eigenvalue weighted by atomic mass is 19.1. The van der Waals surface area contributed by atoms with E-state index in [0.29, 0.717) is 23.0 Å². The van der Waals surface area contributed by atoms with Gasteiger partial charge in [0, 0.05) is 24.5 Å². The highest BCUT2D eigenvalue weighted by Crippen LogP contribution is 2.33. The first-order chi connectivity index (χ1) is 15.6. The minimum Gasteiger partial charge on any atom is -0.508 e. The van der Waals surface area contributed by atoms with Gasteiger partial charge in [-0.25, -0.2) is 4.79 Å². The number of phenolic OH excluding ortho intramolecular Hbond substituents is 2. The van der Waals surface area contributed by atoms with E-state index in [1.54, 1.807) is 24.3 Å². The fourth-order valence-electron chi connectivity index (χ4n) is 3.40. The van der Waals surface area contributed by atoms with Crippen molar-refractivity contribution in [3.63, 3.8) is 0 Å². The van der Waals surface area contributed by atoms with Crippen LogP contribution in [0.25, 0.3) is 0 Å². The van der Waals surface area contributed by atoms with E-state index >= 15 is 0 Å². The van der Waals surface area contributed by atoms with Crippen molar-refractivity contribution >= 4 is 11.6 Å². The average molecular weight is 453 g/mol. The number of carbonyl (C=O) groups is 1. The van der Waals surface area contributed by atoms with Crippen molar-refractivity contribution in [3.8, 4) is 11.5 Å². The van der Waals surface area contributed by atoms with Gasteiger partial charge in [-0.15, -0.1) is 6.58 Å². The molecule has 0 spiro atoms. The predicted molar refractivity (Wildman–Crippen MR) is 123 cm³/mol. The minimum atomic E-state index is -1.07. The molecule has 1 amide bonds. The molecule has 0 atom stereocenters. The Balaban J connectivity index is 1.94. The molecular weight excluding hydrogens is 429 g/mol. The second-order valence-corrected chi connectivity index (χ2v) is 7.79. The molecule has 172 valence electrons. The lowest BCUT2D eigenvalue weighted by molar-refractivity contribution is 0.0987. The van der Waals surface area contributed by atoms with Crippen molar-refractivity contribution < 1.29 is 19.4 Å². The quantitative estimate of drug-likeness (QED) is 0.476. The number of hydrogen-bond donors (Lipinski definition) is 3. The Kier molecular flexibility index (Phi) is 6.81. The molecule has 0 saturated heterocycles. The molecule has 2 aromatic carbocycles. The number of nitrogens with zero attached hydrogens (tertiary/aromatic N) is 2. The van der Waals surface area contributed by atoms with E-state index in [9.17, 15) is 29.0 Å². The van der Waals surface area contributed by atoms with E-state index < -0.39 is 23.0 Å². The second kappa shape index (κ2) is 9.56. The number of aromatic nitrogens is 2. The van der Waals surface area contributed by atoms with Crippen LogP contribution in [-0.2, 0) is 6.54 Å². The van der Waals surface area contributed by atoms with Gasteiger partial charge in [-0.2, -0.15) is 4.39 Å². The molecule has 3 rings (SSSR count). The van der Waals surface area contributed by atoms with Crippen molar-refractivity contribution in [3.05, 3.63) is 98.6 Å². The molecule has 0 bridgehead atoms. The van der Waals surface area contributed by atoms with Gasteiger partial charge in [0.1, 0.15) is 11.5 Å². The normalized spacial score (nSPS) is 10.9. The van der Waals surface area contributed by atoms with Gasteiger partial charge in [0.25, 0.3) is 11.5 Å². The maximum absolute atomic E-state index is 13.5. The number of benzene rings is 2. The van der Waals surface area contributed by atoms with Gasteiger partial charge in [0.2, 0.25) is 5.82 Å². The number of hydrogen-bond acceptors (Lipinski definition) is 5. The number of amides is 1. The molecule has 0 saturated carbocycles. The second-order valence-electron chi connectivity index (χ2n) is 7.79. The van der Waals surface area contributed by atoms with Gasteiger partial charge in [-0.1, -0.05) is 32.1 Å². The lowest BCUT2D eigenvalue weighted by Gasteiger charge is -2.23. The number of aromatic amines is 1. The first-order valence-corrected chi connectivity index (χ1v) is 10.2. The predicted octanol–water partition coefficient (Wildman–Crippen LogP) is 3.09. The van der Waals surface area contributed by atoms with E-state index in [1.807, 2.05) is 13.8 Å². The minimum absolute atomic E-state index is 0.0280. The van der Waals surface area contributed by atoms with Crippen molar-refractivity contribution in [2.75, 3.05) is 11.4 Å². The van der Waals surface area contributed by atoms with Crippen LogP contribution in [0.1, 0.15) is 41.3 Å². The molecule has 9 heteroatoms. The number of rotatable bonds is 7. The number of anilines is 1. The molecule has 0 fully saturated rings. The molecule has 0 aliphatic carbocycles. The molecule has 0 aliphatic rings. The van der Waals surface area contributed by atoms with E-state index in [-0.39, 0.29) is 36.1 Å². The molecule has 1 heterocycles. The highest BCUT2D eigenvalue weighted by Gasteiger charge is 2.22. The number of nitrogens with one attached hydrogen (secondary N) is 1. The summed E-state index contributed by atoms with van der Waals surface area (Å²) in [6.07, 6.45) is 2.24. The zero-order valence-electron chi connectivity index (χ0n) is 18.2. The smallest absolute Gasteiger partial charge is 0.328 e. The molecule has 0 aliphatic heterocycles. The SMILES string of the molecule is C=CCN(C(=O)c1cc(C(C)C)c(O)cc1O)c1ccc(Cn2c(=O)[nH]cc(F)c2=O)cc1. The average Bonchev–Trinajstić information content (AvgIpc) is 2.77. The number of H-pyrrole nitrogens is 1. The maximum Gasteiger partial charge on any atom is 0.328 e. The zero-order valence-corrected chi connectivity index (χ0v) is 18.2.